The minimum atomic E-state index is -2.06. The van der Waals surface area contributed by atoms with E-state index in [9.17, 15) is 19.2 Å². The number of benzene rings is 2. The largest absolute Gasteiger partial charge is 0.426 e. The van der Waals surface area contributed by atoms with Gasteiger partial charge in [0.15, 0.2) is 5.54 Å². The van der Waals surface area contributed by atoms with Crippen molar-refractivity contribution in [1.82, 2.24) is 5.32 Å². The number of rotatable bonds is 16. The first-order valence-corrected chi connectivity index (χ1v) is 15.3. The molecule has 3 rings (SSSR count). The molecule has 1 atom stereocenters. The topological polar surface area (TPSA) is 116 Å². The Balaban J connectivity index is 0.00000616. The molecule has 0 bridgehead atoms. The van der Waals surface area contributed by atoms with E-state index in [4.69, 9.17) is 10.5 Å². The summed E-state index contributed by atoms with van der Waals surface area (Å²) >= 11 is 0. The van der Waals surface area contributed by atoms with E-state index < -0.39 is 29.0 Å². The second kappa shape index (κ2) is 16.6. The third kappa shape index (κ3) is 8.11. The molecule has 42 heavy (non-hydrogen) atoms. The molecule has 7 nitrogen and oxygen atoms in total. The monoisotopic (exact) mass is 618 g/mol. The molecule has 0 spiro atoms. The standard InChI is InChI=1S/C34H46N2O5.Fe/c1-5-7-9-11-13-18-29(37)36-34(32(39)25-16-15-17-27(35)31(25)33(34)40)26-21-20-24(23(3)4)22-28(26)41-30(38)19-14-12-10-8-6-2;/h15-17,20-23H,5-14,18-19,35H2,1-4H3,(H,36,37);. The van der Waals surface area contributed by atoms with Gasteiger partial charge in [-0.15, -0.1) is 0 Å². The number of unbranched alkanes of at least 4 members (excludes halogenated alkanes) is 8. The molecule has 1 unspecified atom stereocenters. The average Bonchev–Trinajstić information content (AvgIpc) is 3.15. The van der Waals surface area contributed by atoms with E-state index in [-0.39, 0.29) is 64.0 Å². The Hall–Kier alpha value is -2.96. The summed E-state index contributed by atoms with van der Waals surface area (Å²) in [6, 6.07) is 9.89. The Bertz CT molecular complexity index is 1260. The second-order valence-electron chi connectivity index (χ2n) is 11.4. The minimum absolute atomic E-state index is 0. The van der Waals surface area contributed by atoms with Gasteiger partial charge in [0.1, 0.15) is 5.75 Å². The summed E-state index contributed by atoms with van der Waals surface area (Å²) in [4.78, 5) is 54.6. The number of carbonyl (C=O) groups excluding carboxylic acids is 4. The summed E-state index contributed by atoms with van der Waals surface area (Å²) in [5, 5.41) is 2.82. The van der Waals surface area contributed by atoms with Crippen molar-refractivity contribution in [3.05, 3.63) is 58.7 Å². The van der Waals surface area contributed by atoms with Gasteiger partial charge in [-0.1, -0.05) is 103 Å². The first kappa shape index (κ1) is 35.2. The van der Waals surface area contributed by atoms with Crippen molar-refractivity contribution in [2.45, 2.75) is 116 Å². The summed E-state index contributed by atoms with van der Waals surface area (Å²) < 4.78 is 5.89. The van der Waals surface area contributed by atoms with Gasteiger partial charge in [-0.05, 0) is 36.5 Å². The second-order valence-corrected chi connectivity index (χ2v) is 11.4. The molecule has 2 aromatic rings. The number of nitrogens with one attached hydrogen (secondary N) is 1. The van der Waals surface area contributed by atoms with E-state index in [1.165, 1.54) is 0 Å². The number of nitrogens with two attached hydrogens (primary N) is 1. The number of carbonyl (C=O) groups is 4. The van der Waals surface area contributed by atoms with Crippen LogP contribution in [0.2, 0.25) is 0 Å². The van der Waals surface area contributed by atoms with Crippen LogP contribution in [-0.4, -0.2) is 23.4 Å². The number of fused-ring (bicyclic) bond motifs is 1. The predicted molar refractivity (Wildman–Crippen MR) is 162 cm³/mol. The van der Waals surface area contributed by atoms with Gasteiger partial charge >= 0.3 is 5.97 Å². The number of Topliss-reactive ketones (excluding diaryl/α,β-unsaturated/α-hetero) is 2. The zero-order valence-electron chi connectivity index (χ0n) is 25.5. The van der Waals surface area contributed by atoms with Crippen LogP contribution in [0.5, 0.6) is 5.75 Å². The first-order valence-electron chi connectivity index (χ1n) is 15.3. The first-order chi connectivity index (χ1) is 19.7. The number of ketones is 2. The van der Waals surface area contributed by atoms with Gasteiger partial charge in [-0.25, -0.2) is 0 Å². The average molecular weight is 619 g/mol. The van der Waals surface area contributed by atoms with Crippen molar-refractivity contribution in [2.75, 3.05) is 5.73 Å². The number of hydrogen-bond acceptors (Lipinski definition) is 6. The number of ether oxygens (including phenoxy) is 1. The van der Waals surface area contributed by atoms with Crippen molar-refractivity contribution in [1.29, 1.82) is 0 Å². The zero-order chi connectivity index (χ0) is 30.0. The number of amides is 1. The fourth-order valence-corrected chi connectivity index (χ4v) is 5.43. The molecule has 0 fully saturated rings. The van der Waals surface area contributed by atoms with Crippen molar-refractivity contribution in [2.24, 2.45) is 0 Å². The molecule has 0 saturated heterocycles. The van der Waals surface area contributed by atoms with Crippen molar-refractivity contribution in [3.63, 3.8) is 0 Å². The van der Waals surface area contributed by atoms with E-state index in [1.807, 2.05) is 19.9 Å². The Morgan fingerprint density at radius 3 is 2.07 bits per heavy atom. The summed E-state index contributed by atoms with van der Waals surface area (Å²) in [7, 11) is 0. The summed E-state index contributed by atoms with van der Waals surface area (Å²) in [5.41, 5.74) is 5.56. The molecule has 2 aromatic carbocycles. The smallest absolute Gasteiger partial charge is 0.311 e. The van der Waals surface area contributed by atoms with Crippen LogP contribution >= 0.6 is 0 Å². The third-order valence-corrected chi connectivity index (χ3v) is 7.87. The van der Waals surface area contributed by atoms with Crippen molar-refractivity contribution in [3.8, 4) is 5.75 Å². The van der Waals surface area contributed by atoms with E-state index in [0.29, 0.717) is 12.8 Å². The van der Waals surface area contributed by atoms with Gasteiger partial charge in [0.25, 0.3) is 0 Å². The van der Waals surface area contributed by atoms with Gasteiger partial charge in [0.2, 0.25) is 17.5 Å². The van der Waals surface area contributed by atoms with Crippen molar-refractivity contribution >= 4 is 29.1 Å². The quantitative estimate of drug-likeness (QED) is 0.0506. The van der Waals surface area contributed by atoms with E-state index in [2.05, 4.69) is 19.2 Å². The molecule has 0 aliphatic heterocycles. The van der Waals surface area contributed by atoms with Gasteiger partial charge in [-0.3, -0.25) is 19.2 Å². The van der Waals surface area contributed by atoms with E-state index in [1.54, 1.807) is 30.3 Å². The molecular weight excluding hydrogens is 572 g/mol. The molecule has 8 heteroatoms. The number of esters is 1. The molecule has 230 valence electrons. The Labute approximate surface area is 261 Å². The van der Waals surface area contributed by atoms with Crippen LogP contribution in [0.25, 0.3) is 0 Å². The third-order valence-electron chi connectivity index (χ3n) is 7.87. The van der Waals surface area contributed by atoms with E-state index >= 15 is 0 Å². The Kier molecular flexibility index (Phi) is 13.9. The summed E-state index contributed by atoms with van der Waals surface area (Å²) in [5.74, 6) is -1.80. The maximum Gasteiger partial charge on any atom is 0.311 e. The Morgan fingerprint density at radius 2 is 1.48 bits per heavy atom. The number of hydrogen-bond donors (Lipinski definition) is 2. The van der Waals surface area contributed by atoms with Crippen LogP contribution in [0.4, 0.5) is 5.69 Å². The molecular formula is C34H46FeN2O5. The molecule has 0 saturated carbocycles. The van der Waals surface area contributed by atoms with Gasteiger partial charge in [-0.2, -0.15) is 0 Å². The SMILES string of the molecule is CCCCCCCC(=O)NC1(c2ccc(C(C)C)cc2OC(=O)CCCCCCC)C(=O)c2cccc(N)c2C1=O.[Fe]. The zero-order valence-corrected chi connectivity index (χ0v) is 26.6. The minimum Gasteiger partial charge on any atom is -0.426 e. The van der Waals surface area contributed by atoms with Crippen LogP contribution in [-0.2, 0) is 32.2 Å². The van der Waals surface area contributed by atoms with Crippen LogP contribution in [0, 0.1) is 0 Å². The molecule has 1 amide bonds. The van der Waals surface area contributed by atoms with Crippen LogP contribution in [0.1, 0.15) is 143 Å². The fraction of sp³-hybridized carbons (Fsp3) is 0.529. The van der Waals surface area contributed by atoms with Gasteiger partial charge in [0, 0.05) is 46.7 Å². The predicted octanol–water partition coefficient (Wildman–Crippen LogP) is 7.41. The molecule has 0 radical (unpaired) electrons. The molecule has 0 heterocycles. The van der Waals surface area contributed by atoms with Crippen molar-refractivity contribution < 1.29 is 41.0 Å². The fourth-order valence-electron chi connectivity index (χ4n) is 5.43. The maximum absolute atomic E-state index is 14.2. The summed E-state index contributed by atoms with van der Waals surface area (Å²) in [6.07, 6.45) is 10.0. The van der Waals surface area contributed by atoms with Crippen LogP contribution in [0.15, 0.2) is 36.4 Å². The number of anilines is 1. The van der Waals surface area contributed by atoms with Gasteiger partial charge < -0.3 is 15.8 Å². The molecule has 1 aliphatic rings. The normalized spacial score (nSPS) is 15.8. The van der Waals surface area contributed by atoms with Gasteiger partial charge in [0.05, 0.1) is 5.56 Å². The number of nitrogen functional groups attached to an aromatic ring is 1. The Morgan fingerprint density at radius 1 is 0.857 bits per heavy atom. The molecule has 3 N–H and O–H groups in total. The van der Waals surface area contributed by atoms with Crippen LogP contribution in [0.3, 0.4) is 0 Å². The molecule has 1 aliphatic carbocycles. The maximum atomic E-state index is 14.2. The van der Waals surface area contributed by atoms with Crippen LogP contribution < -0.4 is 15.8 Å². The summed E-state index contributed by atoms with van der Waals surface area (Å²) in [6.45, 7) is 8.27. The van der Waals surface area contributed by atoms with E-state index in [0.717, 1.165) is 56.9 Å². The molecule has 0 aromatic heterocycles.